The Morgan fingerprint density at radius 3 is 1.86 bits per heavy atom. The number of hydrogen-bond acceptors (Lipinski definition) is 3. The van der Waals surface area contributed by atoms with Gasteiger partial charge < -0.3 is 4.90 Å². The van der Waals surface area contributed by atoms with Gasteiger partial charge in [0.15, 0.2) is 0 Å². The van der Waals surface area contributed by atoms with Crippen LogP contribution in [0.1, 0.15) is 11.1 Å². The number of amides is 1. The van der Waals surface area contributed by atoms with Gasteiger partial charge >= 0.3 is 0 Å². The third-order valence-electron chi connectivity index (χ3n) is 4.57. The lowest BCUT2D eigenvalue weighted by molar-refractivity contribution is -0.132. The highest BCUT2D eigenvalue weighted by atomic mass is 32.2. The SMILES string of the molecule is CN(Cc1ccccc1)C(=O)C(Cc1ccccc1)NS(=O)(=O)c1ccccc1. The second-order valence-electron chi connectivity index (χ2n) is 6.86. The van der Waals surface area contributed by atoms with E-state index in [1.807, 2.05) is 60.7 Å². The van der Waals surface area contributed by atoms with Gasteiger partial charge in [-0.2, -0.15) is 4.72 Å². The van der Waals surface area contributed by atoms with Crippen LogP contribution in [0, 0.1) is 0 Å². The van der Waals surface area contributed by atoms with Crippen molar-refractivity contribution >= 4 is 15.9 Å². The van der Waals surface area contributed by atoms with E-state index in [9.17, 15) is 13.2 Å². The van der Waals surface area contributed by atoms with Crippen molar-refractivity contribution in [3.05, 3.63) is 102 Å². The third kappa shape index (κ3) is 5.76. The standard InChI is InChI=1S/C23H24N2O3S/c1-25(18-20-13-7-3-8-14-20)23(26)22(17-19-11-5-2-6-12-19)24-29(27,28)21-15-9-4-10-16-21/h2-16,22,24H,17-18H2,1H3. The van der Waals surface area contributed by atoms with Crippen LogP contribution >= 0.6 is 0 Å². The molecule has 3 rings (SSSR count). The van der Waals surface area contributed by atoms with E-state index in [1.165, 1.54) is 12.1 Å². The van der Waals surface area contributed by atoms with E-state index in [1.54, 1.807) is 30.1 Å². The average Bonchev–Trinajstić information content (AvgIpc) is 2.74. The Balaban J connectivity index is 1.83. The van der Waals surface area contributed by atoms with E-state index in [0.29, 0.717) is 6.54 Å². The molecule has 0 aliphatic rings. The molecule has 150 valence electrons. The first-order valence-electron chi connectivity index (χ1n) is 9.36. The largest absolute Gasteiger partial charge is 0.340 e. The van der Waals surface area contributed by atoms with Gasteiger partial charge in [0.2, 0.25) is 15.9 Å². The molecule has 1 amide bonds. The smallest absolute Gasteiger partial charge is 0.241 e. The zero-order valence-corrected chi connectivity index (χ0v) is 17.0. The van der Waals surface area contributed by atoms with Crippen LogP contribution in [0.4, 0.5) is 0 Å². The Labute approximate surface area is 172 Å². The highest BCUT2D eigenvalue weighted by molar-refractivity contribution is 7.89. The van der Waals surface area contributed by atoms with E-state index in [2.05, 4.69) is 4.72 Å². The summed E-state index contributed by atoms with van der Waals surface area (Å²) in [5.74, 6) is -0.280. The van der Waals surface area contributed by atoms with E-state index < -0.39 is 16.1 Å². The quantitative estimate of drug-likeness (QED) is 0.622. The summed E-state index contributed by atoms with van der Waals surface area (Å²) in [4.78, 5) is 14.8. The summed E-state index contributed by atoms with van der Waals surface area (Å²) in [7, 11) is -2.14. The normalized spacial score (nSPS) is 12.3. The molecule has 0 aliphatic heterocycles. The Morgan fingerprint density at radius 1 is 0.828 bits per heavy atom. The second-order valence-corrected chi connectivity index (χ2v) is 8.57. The van der Waals surface area contributed by atoms with Gasteiger partial charge in [-0.05, 0) is 29.7 Å². The monoisotopic (exact) mass is 408 g/mol. The molecule has 0 bridgehead atoms. The molecule has 1 atom stereocenters. The van der Waals surface area contributed by atoms with Crippen LogP contribution in [0.2, 0.25) is 0 Å². The van der Waals surface area contributed by atoms with Gasteiger partial charge in [0, 0.05) is 13.6 Å². The van der Waals surface area contributed by atoms with Crippen LogP contribution in [0.25, 0.3) is 0 Å². The van der Waals surface area contributed by atoms with Crippen molar-refractivity contribution in [1.29, 1.82) is 0 Å². The molecule has 3 aromatic carbocycles. The fourth-order valence-electron chi connectivity index (χ4n) is 3.09. The molecule has 0 aliphatic carbocycles. The number of carbonyl (C=O) groups excluding carboxylic acids is 1. The van der Waals surface area contributed by atoms with E-state index in [-0.39, 0.29) is 17.2 Å². The zero-order valence-electron chi connectivity index (χ0n) is 16.2. The molecule has 1 N–H and O–H groups in total. The van der Waals surface area contributed by atoms with Crippen molar-refractivity contribution in [2.45, 2.75) is 23.9 Å². The average molecular weight is 409 g/mol. The summed E-state index contributed by atoms with van der Waals surface area (Å²) in [6.07, 6.45) is 0.269. The predicted molar refractivity (Wildman–Crippen MR) is 114 cm³/mol. The molecule has 3 aromatic rings. The van der Waals surface area contributed by atoms with E-state index in [4.69, 9.17) is 0 Å². The first kappa shape index (κ1) is 20.8. The molecular weight excluding hydrogens is 384 g/mol. The number of sulfonamides is 1. The van der Waals surface area contributed by atoms with Crippen molar-refractivity contribution in [2.24, 2.45) is 0 Å². The van der Waals surface area contributed by atoms with Gasteiger partial charge in [0.1, 0.15) is 6.04 Å². The number of hydrogen-bond donors (Lipinski definition) is 1. The summed E-state index contributed by atoms with van der Waals surface area (Å²) < 4.78 is 28.3. The van der Waals surface area contributed by atoms with Gasteiger partial charge in [0.25, 0.3) is 0 Å². The predicted octanol–water partition coefficient (Wildman–Crippen LogP) is 3.23. The lowest BCUT2D eigenvalue weighted by Crippen LogP contribution is -2.48. The Bertz CT molecular complexity index is 1020. The van der Waals surface area contributed by atoms with Crippen LogP contribution in [-0.2, 0) is 27.8 Å². The molecule has 29 heavy (non-hydrogen) atoms. The first-order valence-corrected chi connectivity index (χ1v) is 10.8. The van der Waals surface area contributed by atoms with Gasteiger partial charge in [-0.25, -0.2) is 8.42 Å². The third-order valence-corrected chi connectivity index (χ3v) is 6.06. The first-order chi connectivity index (χ1) is 14.0. The molecule has 0 saturated heterocycles. The van der Waals surface area contributed by atoms with Crippen LogP contribution < -0.4 is 4.72 Å². The highest BCUT2D eigenvalue weighted by Gasteiger charge is 2.28. The summed E-state index contributed by atoms with van der Waals surface area (Å²) in [6, 6.07) is 26.2. The number of carbonyl (C=O) groups is 1. The number of rotatable bonds is 8. The van der Waals surface area contributed by atoms with Crippen molar-refractivity contribution in [1.82, 2.24) is 9.62 Å². The van der Waals surface area contributed by atoms with Gasteiger partial charge in [-0.3, -0.25) is 4.79 Å². The van der Waals surface area contributed by atoms with Crippen molar-refractivity contribution < 1.29 is 13.2 Å². The molecule has 0 saturated carbocycles. The molecule has 5 nitrogen and oxygen atoms in total. The topological polar surface area (TPSA) is 66.5 Å². The number of nitrogens with one attached hydrogen (secondary N) is 1. The molecule has 0 aromatic heterocycles. The van der Waals surface area contributed by atoms with Crippen molar-refractivity contribution in [2.75, 3.05) is 7.05 Å². The molecule has 0 heterocycles. The maximum absolute atomic E-state index is 13.2. The molecular formula is C23H24N2O3S. The van der Waals surface area contributed by atoms with Gasteiger partial charge in [-0.15, -0.1) is 0 Å². The van der Waals surface area contributed by atoms with Crippen molar-refractivity contribution in [3.8, 4) is 0 Å². The van der Waals surface area contributed by atoms with Gasteiger partial charge in [-0.1, -0.05) is 78.9 Å². The van der Waals surface area contributed by atoms with Gasteiger partial charge in [0.05, 0.1) is 4.90 Å². The highest BCUT2D eigenvalue weighted by Crippen LogP contribution is 2.13. The zero-order chi connectivity index (χ0) is 20.7. The number of nitrogens with zero attached hydrogens (tertiary/aromatic N) is 1. The Morgan fingerprint density at radius 2 is 1.31 bits per heavy atom. The molecule has 1 unspecified atom stereocenters. The molecule has 0 spiro atoms. The van der Waals surface area contributed by atoms with Crippen LogP contribution in [0.15, 0.2) is 95.9 Å². The van der Waals surface area contributed by atoms with E-state index >= 15 is 0 Å². The minimum atomic E-state index is -3.83. The molecule has 0 fully saturated rings. The fraction of sp³-hybridized carbons (Fsp3) is 0.174. The van der Waals surface area contributed by atoms with Crippen LogP contribution in [-0.4, -0.2) is 32.3 Å². The van der Waals surface area contributed by atoms with Crippen LogP contribution in [0.3, 0.4) is 0 Å². The lowest BCUT2D eigenvalue weighted by atomic mass is 10.1. The van der Waals surface area contributed by atoms with Crippen molar-refractivity contribution in [3.63, 3.8) is 0 Å². The molecule has 0 radical (unpaired) electrons. The summed E-state index contributed by atoms with van der Waals surface area (Å²) >= 11 is 0. The van der Waals surface area contributed by atoms with E-state index in [0.717, 1.165) is 11.1 Å². The molecule has 6 heteroatoms. The minimum absolute atomic E-state index is 0.136. The number of benzene rings is 3. The second kappa shape index (κ2) is 9.49. The minimum Gasteiger partial charge on any atom is -0.340 e. The summed E-state index contributed by atoms with van der Waals surface area (Å²) in [5.41, 5.74) is 1.86. The maximum Gasteiger partial charge on any atom is 0.241 e. The Kier molecular flexibility index (Phi) is 6.80. The summed E-state index contributed by atoms with van der Waals surface area (Å²) in [5, 5.41) is 0. The van der Waals surface area contributed by atoms with Crippen LogP contribution in [0.5, 0.6) is 0 Å². The maximum atomic E-state index is 13.2. The Hall–Kier alpha value is -2.96. The fourth-order valence-corrected chi connectivity index (χ4v) is 4.30. The summed E-state index contributed by atoms with van der Waals surface area (Å²) in [6.45, 7) is 0.401. The lowest BCUT2D eigenvalue weighted by Gasteiger charge is -2.25. The number of likely N-dealkylation sites (N-methyl/N-ethyl adjacent to an activating group) is 1.